The lowest BCUT2D eigenvalue weighted by Gasteiger charge is -2.15. The fourth-order valence-corrected chi connectivity index (χ4v) is 2.26. The lowest BCUT2D eigenvalue weighted by atomic mass is 10.1. The zero-order chi connectivity index (χ0) is 11.9. The Balaban J connectivity index is 1.83. The quantitative estimate of drug-likeness (QED) is 0.478. The number of aromatic nitrogens is 1. The third kappa shape index (κ3) is 3.98. The molecule has 0 aromatic carbocycles. The minimum atomic E-state index is 0.411. The number of rotatable bonds is 4. The van der Waals surface area contributed by atoms with Crippen molar-refractivity contribution in [3.8, 4) is 0 Å². The van der Waals surface area contributed by atoms with Gasteiger partial charge in [-0.3, -0.25) is 10.8 Å². The van der Waals surface area contributed by atoms with E-state index in [1.165, 1.54) is 38.5 Å². The molecule has 1 fully saturated rings. The SMILES string of the molecule is NNc1ccnc(COC2CCCCCC2)c1. The zero-order valence-corrected chi connectivity index (χ0v) is 10.2. The van der Waals surface area contributed by atoms with Gasteiger partial charge in [0.25, 0.3) is 0 Å². The van der Waals surface area contributed by atoms with Gasteiger partial charge in [-0.1, -0.05) is 25.7 Å². The average molecular weight is 235 g/mol. The number of ether oxygens (including phenoxy) is 1. The van der Waals surface area contributed by atoms with Crippen molar-refractivity contribution in [2.45, 2.75) is 51.2 Å². The summed E-state index contributed by atoms with van der Waals surface area (Å²) in [6.45, 7) is 0.584. The molecule has 0 aliphatic heterocycles. The van der Waals surface area contributed by atoms with Crippen LogP contribution < -0.4 is 11.3 Å². The summed E-state index contributed by atoms with van der Waals surface area (Å²) < 4.78 is 5.92. The van der Waals surface area contributed by atoms with Crippen LogP contribution in [0.25, 0.3) is 0 Å². The van der Waals surface area contributed by atoms with Crippen molar-refractivity contribution in [2.24, 2.45) is 5.84 Å². The number of nitrogens with two attached hydrogens (primary N) is 1. The van der Waals surface area contributed by atoms with Crippen LogP contribution in [-0.2, 0) is 11.3 Å². The molecule has 0 unspecified atom stereocenters. The average Bonchev–Trinajstić information content (AvgIpc) is 2.65. The zero-order valence-electron chi connectivity index (χ0n) is 10.2. The molecule has 94 valence electrons. The van der Waals surface area contributed by atoms with Gasteiger partial charge in [-0.2, -0.15) is 0 Å². The molecule has 4 nitrogen and oxygen atoms in total. The fraction of sp³-hybridized carbons (Fsp3) is 0.615. The lowest BCUT2D eigenvalue weighted by molar-refractivity contribution is 0.0292. The number of hydrazine groups is 1. The van der Waals surface area contributed by atoms with Crippen molar-refractivity contribution in [1.82, 2.24) is 4.98 Å². The molecule has 1 heterocycles. The maximum atomic E-state index is 5.92. The highest BCUT2D eigenvalue weighted by Crippen LogP contribution is 2.20. The highest BCUT2D eigenvalue weighted by molar-refractivity contribution is 5.41. The lowest BCUT2D eigenvalue weighted by Crippen LogP contribution is -2.12. The van der Waals surface area contributed by atoms with Crippen LogP contribution in [0, 0.1) is 0 Å². The van der Waals surface area contributed by atoms with E-state index in [0.717, 1.165) is 11.4 Å². The number of nitrogens with one attached hydrogen (secondary N) is 1. The van der Waals surface area contributed by atoms with Crippen molar-refractivity contribution >= 4 is 5.69 Å². The first-order chi connectivity index (χ1) is 8.38. The summed E-state index contributed by atoms with van der Waals surface area (Å²) in [5, 5.41) is 0. The van der Waals surface area contributed by atoms with Crippen molar-refractivity contribution < 1.29 is 4.74 Å². The first kappa shape index (κ1) is 12.3. The number of nitrogen functional groups attached to an aromatic ring is 1. The Kier molecular flexibility index (Phi) is 4.76. The van der Waals surface area contributed by atoms with Gasteiger partial charge in [-0.25, -0.2) is 0 Å². The number of nitrogens with zero attached hydrogens (tertiary/aromatic N) is 1. The fourth-order valence-electron chi connectivity index (χ4n) is 2.26. The van der Waals surface area contributed by atoms with Crippen LogP contribution >= 0.6 is 0 Å². The van der Waals surface area contributed by atoms with Crippen molar-refractivity contribution in [2.75, 3.05) is 5.43 Å². The molecule has 0 amide bonds. The normalized spacial score (nSPS) is 17.7. The Hall–Kier alpha value is -1.13. The highest BCUT2D eigenvalue weighted by Gasteiger charge is 2.12. The molecule has 0 bridgehead atoms. The van der Waals surface area contributed by atoms with E-state index in [9.17, 15) is 0 Å². The van der Waals surface area contributed by atoms with Gasteiger partial charge in [0.05, 0.1) is 24.1 Å². The Morgan fingerprint density at radius 3 is 2.76 bits per heavy atom. The Labute approximate surface area is 103 Å². The van der Waals surface area contributed by atoms with Crippen LogP contribution in [0.3, 0.4) is 0 Å². The van der Waals surface area contributed by atoms with Crippen LogP contribution in [0.15, 0.2) is 18.3 Å². The van der Waals surface area contributed by atoms with Crippen LogP contribution in [0.1, 0.15) is 44.2 Å². The van der Waals surface area contributed by atoms with Crippen molar-refractivity contribution in [1.29, 1.82) is 0 Å². The van der Waals surface area contributed by atoms with Gasteiger partial charge in [0.15, 0.2) is 0 Å². The molecule has 1 aliphatic carbocycles. The minimum absolute atomic E-state index is 0.411. The molecule has 1 aromatic heterocycles. The molecule has 0 spiro atoms. The molecular weight excluding hydrogens is 214 g/mol. The van der Waals surface area contributed by atoms with E-state index in [2.05, 4.69) is 10.4 Å². The van der Waals surface area contributed by atoms with Gasteiger partial charge in [-0.05, 0) is 25.0 Å². The molecule has 1 aliphatic rings. The monoisotopic (exact) mass is 235 g/mol. The first-order valence-corrected chi connectivity index (χ1v) is 6.41. The third-order valence-corrected chi connectivity index (χ3v) is 3.25. The molecular formula is C13H21N3O. The predicted molar refractivity (Wildman–Crippen MR) is 68.3 cm³/mol. The second-order valence-corrected chi connectivity index (χ2v) is 4.60. The van der Waals surface area contributed by atoms with E-state index < -0.39 is 0 Å². The second kappa shape index (κ2) is 6.57. The van der Waals surface area contributed by atoms with Gasteiger partial charge in [0.1, 0.15) is 0 Å². The summed E-state index contributed by atoms with van der Waals surface area (Å²) >= 11 is 0. The minimum Gasteiger partial charge on any atom is -0.372 e. The number of hydrogen-bond donors (Lipinski definition) is 2. The topological polar surface area (TPSA) is 60.2 Å². The first-order valence-electron chi connectivity index (χ1n) is 6.41. The molecule has 17 heavy (non-hydrogen) atoms. The van der Waals surface area contributed by atoms with Crippen molar-refractivity contribution in [3.05, 3.63) is 24.0 Å². The molecule has 1 saturated carbocycles. The van der Waals surface area contributed by atoms with Gasteiger partial charge >= 0.3 is 0 Å². The number of hydrogen-bond acceptors (Lipinski definition) is 4. The van der Waals surface area contributed by atoms with E-state index in [1.54, 1.807) is 6.20 Å². The van der Waals surface area contributed by atoms with Crippen LogP contribution in [0.5, 0.6) is 0 Å². The van der Waals surface area contributed by atoms with Crippen LogP contribution in [0.2, 0.25) is 0 Å². The molecule has 0 radical (unpaired) electrons. The summed E-state index contributed by atoms with van der Waals surface area (Å²) in [6, 6.07) is 3.77. The smallest absolute Gasteiger partial charge is 0.0892 e. The van der Waals surface area contributed by atoms with Gasteiger partial charge < -0.3 is 10.2 Å². The Morgan fingerprint density at radius 1 is 1.29 bits per heavy atom. The van der Waals surface area contributed by atoms with Gasteiger partial charge in [0, 0.05) is 6.20 Å². The molecule has 0 saturated heterocycles. The van der Waals surface area contributed by atoms with E-state index in [1.807, 2.05) is 12.1 Å². The number of anilines is 1. The maximum Gasteiger partial charge on any atom is 0.0892 e. The second-order valence-electron chi connectivity index (χ2n) is 4.60. The summed E-state index contributed by atoms with van der Waals surface area (Å²) in [4.78, 5) is 4.27. The van der Waals surface area contributed by atoms with Crippen molar-refractivity contribution in [3.63, 3.8) is 0 Å². The van der Waals surface area contributed by atoms with E-state index >= 15 is 0 Å². The standard InChI is InChI=1S/C13H21N3O/c14-16-11-7-8-15-12(9-11)10-17-13-5-3-1-2-4-6-13/h7-9,13H,1-6,10,14H2,(H,15,16). The van der Waals surface area contributed by atoms with E-state index in [4.69, 9.17) is 10.6 Å². The molecule has 2 rings (SSSR count). The third-order valence-electron chi connectivity index (χ3n) is 3.25. The Morgan fingerprint density at radius 2 is 2.06 bits per heavy atom. The largest absolute Gasteiger partial charge is 0.372 e. The summed E-state index contributed by atoms with van der Waals surface area (Å²) in [5.41, 5.74) is 4.43. The van der Waals surface area contributed by atoms with Crippen LogP contribution in [-0.4, -0.2) is 11.1 Å². The highest BCUT2D eigenvalue weighted by atomic mass is 16.5. The summed E-state index contributed by atoms with van der Waals surface area (Å²) in [6.07, 6.45) is 9.83. The summed E-state index contributed by atoms with van der Waals surface area (Å²) in [5.74, 6) is 5.36. The summed E-state index contributed by atoms with van der Waals surface area (Å²) in [7, 11) is 0. The van der Waals surface area contributed by atoms with Crippen LogP contribution in [0.4, 0.5) is 5.69 Å². The van der Waals surface area contributed by atoms with E-state index in [-0.39, 0.29) is 0 Å². The molecule has 1 aromatic rings. The maximum absolute atomic E-state index is 5.92. The molecule has 4 heteroatoms. The molecule has 3 N–H and O–H groups in total. The van der Waals surface area contributed by atoms with Gasteiger partial charge in [-0.15, -0.1) is 0 Å². The predicted octanol–water partition coefficient (Wildman–Crippen LogP) is 2.61. The Bertz CT molecular complexity index is 335. The van der Waals surface area contributed by atoms with E-state index in [0.29, 0.717) is 12.7 Å². The number of pyridine rings is 1. The van der Waals surface area contributed by atoms with Gasteiger partial charge in [0.2, 0.25) is 0 Å². The molecule has 0 atom stereocenters.